The molecule has 0 bridgehead atoms. The highest BCUT2D eigenvalue weighted by Crippen LogP contribution is 2.25. The van der Waals surface area contributed by atoms with Gasteiger partial charge in [0.05, 0.1) is 25.0 Å². The lowest BCUT2D eigenvalue weighted by Gasteiger charge is -2.22. The number of carbonyl (C=O) groups is 1. The molecule has 1 fully saturated rings. The van der Waals surface area contributed by atoms with Crippen molar-refractivity contribution in [2.75, 3.05) is 25.5 Å². The first-order valence-electron chi connectivity index (χ1n) is 8.49. The standard InChI is InChI=1S/C19H25N3O2/c1-14-8-9-18(24-3)15(12-14)20-19(23)13-22-11-5-7-17(22)16-6-4-10-21(16)2/h4,6,8-10,12,17H,5,7,11,13H2,1-3H3,(H,20,23)/p+1/t17-/m1/s1. The minimum absolute atomic E-state index is 0.0370. The summed E-state index contributed by atoms with van der Waals surface area (Å²) in [6.07, 6.45) is 4.36. The van der Waals surface area contributed by atoms with Crippen LogP contribution in [0.25, 0.3) is 0 Å². The monoisotopic (exact) mass is 328 g/mol. The van der Waals surface area contributed by atoms with Crippen LogP contribution in [0.2, 0.25) is 0 Å². The Kier molecular flexibility index (Phi) is 4.90. The number of benzene rings is 1. The highest BCUT2D eigenvalue weighted by Gasteiger charge is 2.33. The molecule has 128 valence electrons. The lowest BCUT2D eigenvalue weighted by molar-refractivity contribution is -0.910. The second kappa shape index (κ2) is 7.09. The van der Waals surface area contributed by atoms with Crippen molar-refractivity contribution in [1.82, 2.24) is 4.57 Å². The molecule has 1 amide bonds. The predicted molar refractivity (Wildman–Crippen MR) is 94.4 cm³/mol. The van der Waals surface area contributed by atoms with Crippen molar-refractivity contribution < 1.29 is 14.4 Å². The molecule has 1 aromatic carbocycles. The number of aromatic nitrogens is 1. The first-order chi connectivity index (χ1) is 11.6. The summed E-state index contributed by atoms with van der Waals surface area (Å²) < 4.78 is 7.51. The van der Waals surface area contributed by atoms with Gasteiger partial charge in [-0.25, -0.2) is 0 Å². The van der Waals surface area contributed by atoms with Crippen molar-refractivity contribution in [2.24, 2.45) is 7.05 Å². The molecular weight excluding hydrogens is 302 g/mol. The molecule has 3 rings (SSSR count). The maximum atomic E-state index is 12.6. The van der Waals surface area contributed by atoms with E-state index >= 15 is 0 Å². The Hall–Kier alpha value is -2.27. The molecule has 2 heterocycles. The van der Waals surface area contributed by atoms with Crippen LogP contribution >= 0.6 is 0 Å². The molecule has 0 radical (unpaired) electrons. The average Bonchev–Trinajstić information content (AvgIpc) is 3.16. The fraction of sp³-hybridized carbons (Fsp3) is 0.421. The molecular formula is C19H26N3O2+. The fourth-order valence-electron chi connectivity index (χ4n) is 3.64. The van der Waals surface area contributed by atoms with Crippen LogP contribution < -0.4 is 15.0 Å². The van der Waals surface area contributed by atoms with E-state index in [1.807, 2.05) is 25.1 Å². The van der Waals surface area contributed by atoms with Gasteiger partial charge in [0.1, 0.15) is 11.8 Å². The van der Waals surface area contributed by atoms with Crippen LogP contribution in [0.3, 0.4) is 0 Å². The predicted octanol–water partition coefficient (Wildman–Crippen LogP) is 1.70. The number of anilines is 1. The molecule has 5 nitrogen and oxygen atoms in total. The molecule has 0 aliphatic carbocycles. The summed E-state index contributed by atoms with van der Waals surface area (Å²) in [6, 6.07) is 10.5. The lowest BCUT2D eigenvalue weighted by atomic mass is 10.1. The van der Waals surface area contributed by atoms with E-state index in [4.69, 9.17) is 4.74 Å². The fourth-order valence-corrected chi connectivity index (χ4v) is 3.64. The zero-order chi connectivity index (χ0) is 17.1. The maximum absolute atomic E-state index is 12.6. The number of ether oxygens (including phenoxy) is 1. The Morgan fingerprint density at radius 3 is 2.96 bits per heavy atom. The van der Waals surface area contributed by atoms with Crippen molar-refractivity contribution in [3.05, 3.63) is 47.8 Å². The number of hydrogen-bond acceptors (Lipinski definition) is 2. The summed E-state index contributed by atoms with van der Waals surface area (Å²) in [4.78, 5) is 13.9. The highest BCUT2D eigenvalue weighted by atomic mass is 16.5. The van der Waals surface area contributed by atoms with Crippen molar-refractivity contribution in [3.8, 4) is 5.75 Å². The molecule has 0 spiro atoms. The van der Waals surface area contributed by atoms with Gasteiger partial charge >= 0.3 is 0 Å². The van der Waals surface area contributed by atoms with Gasteiger partial charge in [-0.05, 0) is 36.8 Å². The Bertz CT molecular complexity index is 723. The van der Waals surface area contributed by atoms with Gasteiger partial charge in [-0.1, -0.05) is 6.07 Å². The number of quaternary nitrogens is 1. The van der Waals surface area contributed by atoms with E-state index < -0.39 is 0 Å². The number of aryl methyl sites for hydroxylation is 2. The van der Waals surface area contributed by atoms with E-state index in [2.05, 4.69) is 35.3 Å². The van der Waals surface area contributed by atoms with E-state index in [-0.39, 0.29) is 5.91 Å². The van der Waals surface area contributed by atoms with Crippen LogP contribution in [0.5, 0.6) is 5.75 Å². The molecule has 5 heteroatoms. The Morgan fingerprint density at radius 1 is 1.42 bits per heavy atom. The van der Waals surface area contributed by atoms with Gasteiger partial charge in [-0.15, -0.1) is 0 Å². The van der Waals surface area contributed by atoms with Crippen LogP contribution in [0.1, 0.15) is 30.1 Å². The normalized spacial score (nSPS) is 20.1. The summed E-state index contributed by atoms with van der Waals surface area (Å²) in [6.45, 7) is 3.52. The number of methoxy groups -OCH3 is 1. The molecule has 2 atom stereocenters. The molecule has 1 aliphatic heterocycles. The van der Waals surface area contributed by atoms with E-state index in [0.717, 1.165) is 30.6 Å². The molecule has 0 saturated carbocycles. The summed E-state index contributed by atoms with van der Waals surface area (Å²) in [5.74, 6) is 0.736. The number of likely N-dealkylation sites (tertiary alicyclic amines) is 1. The van der Waals surface area contributed by atoms with Crippen molar-refractivity contribution in [3.63, 3.8) is 0 Å². The number of hydrogen-bond donors (Lipinski definition) is 2. The first kappa shape index (κ1) is 16.6. The summed E-state index contributed by atoms with van der Waals surface area (Å²) in [7, 11) is 3.69. The SMILES string of the molecule is COc1ccc(C)cc1NC(=O)C[NH+]1CCC[C@@H]1c1cccn1C. The van der Waals surface area contributed by atoms with Gasteiger partial charge in [0.15, 0.2) is 6.54 Å². The van der Waals surface area contributed by atoms with E-state index in [0.29, 0.717) is 18.3 Å². The number of nitrogens with zero attached hydrogens (tertiary/aromatic N) is 1. The number of amides is 1. The van der Waals surface area contributed by atoms with Crippen molar-refractivity contribution in [2.45, 2.75) is 25.8 Å². The minimum atomic E-state index is 0.0370. The molecule has 2 N–H and O–H groups in total. The van der Waals surface area contributed by atoms with Gasteiger partial charge in [-0.3, -0.25) is 4.79 Å². The maximum Gasteiger partial charge on any atom is 0.279 e. The summed E-state index contributed by atoms with van der Waals surface area (Å²) in [5.41, 5.74) is 3.15. The number of carbonyl (C=O) groups excluding carboxylic acids is 1. The van der Waals surface area contributed by atoms with Gasteiger partial charge in [-0.2, -0.15) is 0 Å². The minimum Gasteiger partial charge on any atom is -0.495 e. The second-order valence-corrected chi connectivity index (χ2v) is 6.58. The average molecular weight is 328 g/mol. The number of rotatable bonds is 5. The van der Waals surface area contributed by atoms with Crippen LogP contribution in [0.4, 0.5) is 5.69 Å². The van der Waals surface area contributed by atoms with Gasteiger partial charge in [0, 0.05) is 26.1 Å². The molecule has 24 heavy (non-hydrogen) atoms. The van der Waals surface area contributed by atoms with Crippen molar-refractivity contribution in [1.29, 1.82) is 0 Å². The van der Waals surface area contributed by atoms with Crippen LogP contribution in [0, 0.1) is 6.92 Å². The third kappa shape index (κ3) is 3.46. The second-order valence-electron chi connectivity index (χ2n) is 6.58. The van der Waals surface area contributed by atoms with Crippen LogP contribution in [0.15, 0.2) is 36.5 Å². The van der Waals surface area contributed by atoms with Gasteiger partial charge in [0.2, 0.25) is 0 Å². The summed E-state index contributed by atoms with van der Waals surface area (Å²) >= 11 is 0. The summed E-state index contributed by atoms with van der Waals surface area (Å²) in [5, 5.41) is 3.02. The number of nitrogens with one attached hydrogen (secondary N) is 2. The molecule has 1 aromatic heterocycles. The zero-order valence-electron chi connectivity index (χ0n) is 14.6. The largest absolute Gasteiger partial charge is 0.495 e. The Morgan fingerprint density at radius 2 is 2.25 bits per heavy atom. The molecule has 1 saturated heterocycles. The lowest BCUT2D eigenvalue weighted by Crippen LogP contribution is -3.11. The topological polar surface area (TPSA) is 47.7 Å². The molecule has 2 aromatic rings. The molecule has 1 unspecified atom stereocenters. The highest BCUT2D eigenvalue weighted by molar-refractivity contribution is 5.93. The zero-order valence-corrected chi connectivity index (χ0v) is 14.6. The third-order valence-electron chi connectivity index (χ3n) is 4.84. The van der Waals surface area contributed by atoms with Gasteiger partial charge < -0.3 is 19.5 Å². The third-order valence-corrected chi connectivity index (χ3v) is 4.84. The quantitative estimate of drug-likeness (QED) is 0.878. The van der Waals surface area contributed by atoms with Crippen LogP contribution in [-0.4, -0.2) is 30.7 Å². The van der Waals surface area contributed by atoms with E-state index in [1.54, 1.807) is 7.11 Å². The first-order valence-corrected chi connectivity index (χ1v) is 8.49. The van der Waals surface area contributed by atoms with E-state index in [9.17, 15) is 4.79 Å². The Balaban J connectivity index is 1.69. The molecule has 1 aliphatic rings. The van der Waals surface area contributed by atoms with Crippen molar-refractivity contribution >= 4 is 11.6 Å². The Labute approximate surface area is 143 Å². The van der Waals surface area contributed by atoms with E-state index in [1.165, 1.54) is 10.6 Å². The van der Waals surface area contributed by atoms with Gasteiger partial charge in [0.25, 0.3) is 5.91 Å². The van der Waals surface area contributed by atoms with Crippen LogP contribution in [-0.2, 0) is 11.8 Å². The smallest absolute Gasteiger partial charge is 0.279 e.